The van der Waals surface area contributed by atoms with E-state index < -0.39 is 11.6 Å². The Morgan fingerprint density at radius 1 is 1.19 bits per heavy atom. The molecule has 3 aromatic rings. The Morgan fingerprint density at radius 3 is 2.63 bits per heavy atom. The molecule has 0 N–H and O–H groups in total. The van der Waals surface area contributed by atoms with Crippen LogP contribution in [0.1, 0.15) is 19.4 Å². The van der Waals surface area contributed by atoms with Gasteiger partial charge in [0.15, 0.2) is 0 Å². The molecule has 0 amide bonds. The summed E-state index contributed by atoms with van der Waals surface area (Å²) in [6, 6.07) is 8.13. The molecule has 27 heavy (non-hydrogen) atoms. The van der Waals surface area contributed by atoms with Gasteiger partial charge in [0.25, 0.3) is 11.8 Å². The molecule has 0 aliphatic carbocycles. The van der Waals surface area contributed by atoms with Gasteiger partial charge in [0.2, 0.25) is 0 Å². The number of aromatic nitrogens is 2. The summed E-state index contributed by atoms with van der Waals surface area (Å²) < 4.78 is 40.4. The van der Waals surface area contributed by atoms with Gasteiger partial charge in [-0.1, -0.05) is 15.9 Å². The lowest BCUT2D eigenvalue weighted by Gasteiger charge is -2.13. The van der Waals surface area contributed by atoms with E-state index in [2.05, 4.69) is 26.1 Å². The van der Waals surface area contributed by atoms with E-state index in [1.807, 2.05) is 23.1 Å². The van der Waals surface area contributed by atoms with Crippen molar-refractivity contribution in [1.82, 2.24) is 10.1 Å². The average Bonchev–Trinajstić information content (AvgIpc) is 3.19. The highest BCUT2D eigenvalue weighted by molar-refractivity contribution is 9.10. The fourth-order valence-electron chi connectivity index (χ4n) is 3.10. The van der Waals surface area contributed by atoms with Crippen molar-refractivity contribution >= 4 is 27.6 Å². The van der Waals surface area contributed by atoms with Gasteiger partial charge in [-0.05, 0) is 49.2 Å². The molecule has 0 atom stereocenters. The minimum absolute atomic E-state index is 0.113. The number of benzene rings is 2. The van der Waals surface area contributed by atoms with Crippen molar-refractivity contribution in [3.8, 4) is 17.2 Å². The largest absolute Gasteiger partial charge is 0.491 e. The zero-order chi connectivity index (χ0) is 19.1. The van der Waals surface area contributed by atoms with Crippen molar-refractivity contribution in [3.63, 3.8) is 0 Å². The minimum atomic E-state index is -0.813. The normalized spacial score (nSPS) is 13.3. The van der Waals surface area contributed by atoms with Crippen molar-refractivity contribution in [3.05, 3.63) is 52.0 Å². The molecule has 8 heteroatoms. The van der Waals surface area contributed by atoms with Crippen LogP contribution in [-0.2, 0) is 6.42 Å². The van der Waals surface area contributed by atoms with Crippen molar-refractivity contribution in [2.45, 2.75) is 26.4 Å². The summed E-state index contributed by atoms with van der Waals surface area (Å²) in [5.74, 6) is -1.45. The van der Waals surface area contributed by atoms with E-state index in [0.29, 0.717) is 6.54 Å². The van der Waals surface area contributed by atoms with E-state index in [4.69, 9.17) is 9.26 Å². The SMILES string of the molecule is CC(C)Oc1cc(F)c(-c2nc(N3CCc4cc(Br)ccc43)no2)c(F)c1. The van der Waals surface area contributed by atoms with E-state index in [0.717, 1.165) is 34.3 Å². The third-order valence-corrected chi connectivity index (χ3v) is 4.69. The fraction of sp³-hybridized carbons (Fsp3) is 0.263. The molecule has 0 radical (unpaired) electrons. The lowest BCUT2D eigenvalue weighted by atomic mass is 10.2. The van der Waals surface area contributed by atoms with Crippen LogP contribution in [0.15, 0.2) is 39.3 Å². The van der Waals surface area contributed by atoms with Gasteiger partial charge < -0.3 is 14.2 Å². The molecule has 2 aromatic carbocycles. The van der Waals surface area contributed by atoms with Crippen LogP contribution in [0.25, 0.3) is 11.5 Å². The molecule has 0 bridgehead atoms. The third kappa shape index (κ3) is 3.41. The lowest BCUT2D eigenvalue weighted by Crippen LogP contribution is -2.14. The maximum atomic E-state index is 14.5. The maximum absolute atomic E-state index is 14.5. The molecule has 4 rings (SSSR count). The highest BCUT2D eigenvalue weighted by Crippen LogP contribution is 2.36. The second kappa shape index (κ2) is 6.92. The number of hydrogen-bond donors (Lipinski definition) is 0. The highest BCUT2D eigenvalue weighted by Gasteiger charge is 2.27. The molecule has 5 nitrogen and oxygen atoms in total. The van der Waals surface area contributed by atoms with E-state index in [9.17, 15) is 8.78 Å². The summed E-state index contributed by atoms with van der Waals surface area (Å²) >= 11 is 3.45. The molecule has 0 unspecified atom stereocenters. The van der Waals surface area contributed by atoms with E-state index >= 15 is 0 Å². The van der Waals surface area contributed by atoms with Crippen molar-refractivity contribution < 1.29 is 18.0 Å². The number of fused-ring (bicyclic) bond motifs is 1. The van der Waals surface area contributed by atoms with E-state index in [1.54, 1.807) is 13.8 Å². The Morgan fingerprint density at radius 2 is 1.93 bits per heavy atom. The standard InChI is InChI=1S/C19H16BrF2N3O2/c1-10(2)26-13-8-14(21)17(15(22)9-13)18-23-19(24-27-18)25-6-5-11-7-12(20)3-4-16(11)25/h3-4,7-10H,5-6H2,1-2H3. The average molecular weight is 436 g/mol. The molecule has 1 aliphatic heterocycles. The number of nitrogens with zero attached hydrogens (tertiary/aromatic N) is 3. The molecule has 0 spiro atoms. The van der Waals surface area contributed by atoms with Gasteiger partial charge in [-0.2, -0.15) is 4.98 Å². The van der Waals surface area contributed by atoms with Crippen LogP contribution in [-0.4, -0.2) is 22.8 Å². The molecule has 1 aromatic heterocycles. The predicted molar refractivity (Wildman–Crippen MR) is 100 cm³/mol. The second-order valence-corrected chi connectivity index (χ2v) is 7.42. The van der Waals surface area contributed by atoms with Crippen LogP contribution in [0.2, 0.25) is 0 Å². The smallest absolute Gasteiger partial charge is 0.270 e. The van der Waals surface area contributed by atoms with Gasteiger partial charge in [-0.3, -0.25) is 0 Å². The van der Waals surface area contributed by atoms with Crippen LogP contribution < -0.4 is 9.64 Å². The van der Waals surface area contributed by atoms with Gasteiger partial charge in [0.1, 0.15) is 22.9 Å². The van der Waals surface area contributed by atoms with Crippen molar-refractivity contribution in [1.29, 1.82) is 0 Å². The zero-order valence-corrected chi connectivity index (χ0v) is 16.3. The highest BCUT2D eigenvalue weighted by atomic mass is 79.9. The van der Waals surface area contributed by atoms with E-state index in [1.165, 1.54) is 0 Å². The first-order valence-corrected chi connectivity index (χ1v) is 9.27. The number of rotatable bonds is 4. The second-order valence-electron chi connectivity index (χ2n) is 6.50. The Labute approximate surface area is 163 Å². The first kappa shape index (κ1) is 17.9. The zero-order valence-electron chi connectivity index (χ0n) is 14.7. The van der Waals surface area contributed by atoms with Crippen LogP contribution >= 0.6 is 15.9 Å². The quantitative estimate of drug-likeness (QED) is 0.559. The van der Waals surface area contributed by atoms with Gasteiger partial charge in [-0.25, -0.2) is 8.78 Å². The fourth-order valence-corrected chi connectivity index (χ4v) is 3.51. The predicted octanol–water partition coefficient (Wildman–Crippen LogP) is 5.26. The summed E-state index contributed by atoms with van der Waals surface area (Å²) in [5, 5.41) is 3.91. The molecule has 0 fully saturated rings. The van der Waals surface area contributed by atoms with Crippen LogP contribution in [0.3, 0.4) is 0 Å². The first-order chi connectivity index (χ1) is 12.9. The summed E-state index contributed by atoms with van der Waals surface area (Å²) in [5.41, 5.74) is 1.73. The molecule has 1 aliphatic rings. The molecular weight excluding hydrogens is 420 g/mol. The summed E-state index contributed by atoms with van der Waals surface area (Å²) in [4.78, 5) is 6.07. The van der Waals surface area contributed by atoms with Gasteiger partial charge in [0.05, 0.1) is 6.10 Å². The Kier molecular flexibility index (Phi) is 4.59. The summed E-state index contributed by atoms with van der Waals surface area (Å²) in [6.45, 7) is 4.22. The maximum Gasteiger partial charge on any atom is 0.270 e. The van der Waals surface area contributed by atoms with Crippen LogP contribution in [0, 0.1) is 11.6 Å². The minimum Gasteiger partial charge on any atom is -0.491 e. The Balaban J connectivity index is 1.66. The van der Waals surface area contributed by atoms with Crippen LogP contribution in [0.4, 0.5) is 20.4 Å². The molecule has 0 saturated heterocycles. The first-order valence-electron chi connectivity index (χ1n) is 8.48. The van der Waals surface area contributed by atoms with Crippen LogP contribution in [0.5, 0.6) is 5.75 Å². The third-order valence-electron chi connectivity index (χ3n) is 4.20. The van der Waals surface area contributed by atoms with Crippen molar-refractivity contribution in [2.75, 3.05) is 11.4 Å². The van der Waals surface area contributed by atoms with E-state index in [-0.39, 0.29) is 29.3 Å². The topological polar surface area (TPSA) is 51.4 Å². The molecule has 0 saturated carbocycles. The Bertz CT molecular complexity index is 983. The molecule has 2 heterocycles. The summed E-state index contributed by atoms with van der Waals surface area (Å²) in [7, 11) is 0. The monoisotopic (exact) mass is 435 g/mol. The number of hydrogen-bond acceptors (Lipinski definition) is 5. The van der Waals surface area contributed by atoms with Gasteiger partial charge in [0, 0.05) is 28.8 Å². The van der Waals surface area contributed by atoms with Gasteiger partial charge in [-0.15, -0.1) is 0 Å². The molecule has 140 valence electrons. The Hall–Kier alpha value is -2.48. The van der Waals surface area contributed by atoms with Gasteiger partial charge >= 0.3 is 0 Å². The number of anilines is 2. The summed E-state index contributed by atoms with van der Waals surface area (Å²) in [6.07, 6.45) is 0.628. The molecular formula is C19H16BrF2N3O2. The number of ether oxygens (including phenoxy) is 1. The lowest BCUT2D eigenvalue weighted by molar-refractivity contribution is 0.240. The number of halogens is 3. The van der Waals surface area contributed by atoms with Crippen molar-refractivity contribution in [2.24, 2.45) is 0 Å².